The Kier molecular flexibility index (Phi) is 5.83. The van der Waals surface area contributed by atoms with Crippen LogP contribution in [-0.2, 0) is 9.59 Å². The summed E-state index contributed by atoms with van der Waals surface area (Å²) in [4.78, 5) is 25.0. The van der Waals surface area contributed by atoms with Crippen LogP contribution < -0.4 is 20.8 Å². The summed E-state index contributed by atoms with van der Waals surface area (Å²) < 4.78 is 0. The summed E-state index contributed by atoms with van der Waals surface area (Å²) >= 11 is 0. The molecule has 2 rings (SSSR count). The van der Waals surface area contributed by atoms with Gasteiger partial charge < -0.3 is 30.4 Å². The number of nitrogens with one attached hydrogen (secondary N) is 2. The van der Waals surface area contributed by atoms with E-state index in [4.69, 9.17) is 0 Å². The topological polar surface area (TPSA) is 104 Å². The molecule has 0 aromatic heterocycles. The van der Waals surface area contributed by atoms with Crippen molar-refractivity contribution in [1.29, 1.82) is 0 Å². The van der Waals surface area contributed by atoms with Crippen molar-refractivity contribution in [3.05, 3.63) is 11.1 Å². The van der Waals surface area contributed by atoms with Crippen LogP contribution in [0.2, 0.25) is 0 Å². The van der Waals surface area contributed by atoms with E-state index in [0.717, 1.165) is 0 Å². The second-order valence-electron chi connectivity index (χ2n) is 11.4. The SMILES string of the molecule is CC1(C)CNCC(C)(C)C1/C(C(=O)[O-])=C(/C(=O)[O-])C1C(C)(C)CNCC1(C)C. The van der Waals surface area contributed by atoms with Crippen molar-refractivity contribution in [2.45, 2.75) is 55.4 Å². The summed E-state index contributed by atoms with van der Waals surface area (Å²) in [7, 11) is 0. The van der Waals surface area contributed by atoms with E-state index in [9.17, 15) is 19.8 Å². The van der Waals surface area contributed by atoms with Crippen molar-refractivity contribution in [1.82, 2.24) is 10.6 Å². The van der Waals surface area contributed by atoms with Gasteiger partial charge in [-0.3, -0.25) is 0 Å². The number of hydrogen-bond donors (Lipinski definition) is 2. The number of aliphatic carboxylic acids is 2. The summed E-state index contributed by atoms with van der Waals surface area (Å²) in [6.45, 7) is 18.3. The van der Waals surface area contributed by atoms with Gasteiger partial charge in [-0.25, -0.2) is 0 Å². The lowest BCUT2D eigenvalue weighted by atomic mass is 9.54. The normalized spacial score (nSPS) is 27.7. The van der Waals surface area contributed by atoms with Crippen LogP contribution in [0.5, 0.6) is 0 Å². The van der Waals surface area contributed by atoms with Crippen LogP contribution in [0.4, 0.5) is 0 Å². The Hall–Kier alpha value is -1.40. The van der Waals surface area contributed by atoms with E-state index in [1.807, 2.05) is 55.4 Å². The first kappa shape index (κ1) is 22.9. The molecule has 2 fully saturated rings. The Morgan fingerprint density at radius 2 is 0.821 bits per heavy atom. The zero-order chi connectivity index (χ0) is 21.7. The molecule has 6 nitrogen and oxygen atoms in total. The largest absolute Gasteiger partial charge is 0.545 e. The molecule has 0 aromatic carbocycles. The van der Waals surface area contributed by atoms with Gasteiger partial charge in [-0.05, 0) is 44.6 Å². The summed E-state index contributed by atoms with van der Waals surface area (Å²) in [5.41, 5.74) is -1.94. The average Bonchev–Trinajstić information content (AvgIpc) is 2.45. The van der Waals surface area contributed by atoms with Crippen LogP contribution in [0.15, 0.2) is 11.1 Å². The lowest BCUT2D eigenvalue weighted by Gasteiger charge is -2.55. The smallest absolute Gasteiger partial charge is 0.0681 e. The van der Waals surface area contributed by atoms with Crippen LogP contribution in [0.3, 0.4) is 0 Å². The van der Waals surface area contributed by atoms with Gasteiger partial charge in [0.2, 0.25) is 0 Å². The second-order valence-corrected chi connectivity index (χ2v) is 11.4. The standard InChI is InChI=1S/C22H38N2O4/c1-19(2)9-23-10-20(3,4)15(19)13(17(25)26)14(18(27)28)16-21(5,6)11-24-12-22(16,7)8/h15-16,23-24H,9-12H2,1-8H3,(H,25,26)(H,27,28)/p-2/b14-13-. The van der Waals surface area contributed by atoms with Crippen molar-refractivity contribution in [2.24, 2.45) is 33.5 Å². The zero-order valence-electron chi connectivity index (χ0n) is 18.6. The molecule has 0 aliphatic carbocycles. The highest BCUT2D eigenvalue weighted by Crippen LogP contribution is 2.53. The fraction of sp³-hybridized carbons (Fsp3) is 0.818. The van der Waals surface area contributed by atoms with E-state index in [1.165, 1.54) is 0 Å². The monoisotopic (exact) mass is 392 g/mol. The van der Waals surface area contributed by atoms with E-state index < -0.39 is 45.4 Å². The molecular formula is C22H36N2O4-2. The molecular weight excluding hydrogens is 356 g/mol. The van der Waals surface area contributed by atoms with E-state index in [-0.39, 0.29) is 11.1 Å². The maximum atomic E-state index is 12.5. The number of rotatable bonds is 4. The maximum absolute atomic E-state index is 12.5. The van der Waals surface area contributed by atoms with Gasteiger partial charge in [0.25, 0.3) is 0 Å². The summed E-state index contributed by atoms with van der Waals surface area (Å²) in [5, 5.41) is 31.7. The minimum absolute atomic E-state index is 0.0791. The molecule has 2 saturated heterocycles. The highest BCUT2D eigenvalue weighted by Gasteiger charge is 2.51. The van der Waals surface area contributed by atoms with Crippen LogP contribution >= 0.6 is 0 Å². The number of carboxylic acid groups (broad SMARTS) is 2. The third-order valence-corrected chi connectivity index (χ3v) is 6.76. The van der Waals surface area contributed by atoms with Crippen molar-refractivity contribution >= 4 is 11.9 Å². The molecule has 0 saturated carbocycles. The fourth-order valence-corrected chi connectivity index (χ4v) is 6.27. The zero-order valence-corrected chi connectivity index (χ0v) is 18.6. The fourth-order valence-electron chi connectivity index (χ4n) is 6.27. The molecule has 0 bridgehead atoms. The van der Waals surface area contributed by atoms with Crippen molar-refractivity contribution < 1.29 is 19.8 Å². The number of carbonyl (C=O) groups excluding carboxylic acids is 2. The molecule has 6 heteroatoms. The molecule has 0 atom stereocenters. The first-order valence-corrected chi connectivity index (χ1v) is 10.1. The highest BCUT2D eigenvalue weighted by atomic mass is 16.4. The summed E-state index contributed by atoms with van der Waals surface area (Å²) in [6.07, 6.45) is 0. The number of carboxylic acids is 2. The van der Waals surface area contributed by atoms with Gasteiger partial charge in [0.15, 0.2) is 0 Å². The van der Waals surface area contributed by atoms with Gasteiger partial charge in [0.1, 0.15) is 0 Å². The average molecular weight is 393 g/mol. The molecule has 0 spiro atoms. The Bertz CT molecular complexity index is 599. The van der Waals surface area contributed by atoms with Crippen LogP contribution in [0.1, 0.15) is 55.4 Å². The van der Waals surface area contributed by atoms with Crippen LogP contribution in [0, 0.1) is 33.5 Å². The maximum Gasteiger partial charge on any atom is 0.0681 e. The van der Waals surface area contributed by atoms with Crippen LogP contribution in [0.25, 0.3) is 0 Å². The molecule has 0 unspecified atom stereocenters. The Labute approximate surface area is 169 Å². The van der Waals surface area contributed by atoms with Crippen LogP contribution in [-0.4, -0.2) is 38.1 Å². The van der Waals surface area contributed by atoms with E-state index in [0.29, 0.717) is 26.2 Å². The minimum Gasteiger partial charge on any atom is -0.545 e. The molecule has 2 aliphatic rings. The van der Waals surface area contributed by atoms with Gasteiger partial charge in [0, 0.05) is 26.2 Å². The van der Waals surface area contributed by atoms with Gasteiger partial charge in [-0.1, -0.05) is 55.4 Å². The van der Waals surface area contributed by atoms with Crippen molar-refractivity contribution in [3.63, 3.8) is 0 Å². The van der Waals surface area contributed by atoms with Crippen molar-refractivity contribution in [3.8, 4) is 0 Å². The van der Waals surface area contributed by atoms with Crippen molar-refractivity contribution in [2.75, 3.05) is 26.2 Å². The quantitative estimate of drug-likeness (QED) is 0.668. The highest BCUT2D eigenvalue weighted by molar-refractivity contribution is 5.98. The predicted molar refractivity (Wildman–Crippen MR) is 105 cm³/mol. The summed E-state index contributed by atoms with van der Waals surface area (Å²) in [5.74, 6) is -3.73. The second kappa shape index (κ2) is 7.13. The van der Waals surface area contributed by atoms with E-state index in [2.05, 4.69) is 10.6 Å². The number of hydrogen-bond acceptors (Lipinski definition) is 6. The number of carbonyl (C=O) groups is 2. The lowest BCUT2D eigenvalue weighted by Crippen LogP contribution is -2.59. The third-order valence-electron chi connectivity index (χ3n) is 6.76. The number of piperidine rings is 2. The molecule has 160 valence electrons. The third kappa shape index (κ3) is 3.99. The summed E-state index contributed by atoms with van der Waals surface area (Å²) in [6, 6.07) is 0. The van der Waals surface area contributed by atoms with Gasteiger partial charge >= 0.3 is 0 Å². The van der Waals surface area contributed by atoms with Gasteiger partial charge in [-0.15, -0.1) is 0 Å². The molecule has 0 aromatic rings. The van der Waals surface area contributed by atoms with Gasteiger partial charge in [-0.2, -0.15) is 0 Å². The first-order valence-electron chi connectivity index (χ1n) is 10.1. The first-order chi connectivity index (χ1) is 12.5. The molecule has 2 N–H and O–H groups in total. The Balaban J connectivity index is 2.85. The van der Waals surface area contributed by atoms with E-state index >= 15 is 0 Å². The molecule has 2 aliphatic heterocycles. The van der Waals surface area contributed by atoms with Gasteiger partial charge in [0.05, 0.1) is 11.9 Å². The Morgan fingerprint density at radius 3 is 1.00 bits per heavy atom. The molecule has 2 heterocycles. The lowest BCUT2D eigenvalue weighted by molar-refractivity contribution is -0.306. The Morgan fingerprint density at radius 1 is 0.607 bits per heavy atom. The minimum atomic E-state index is -1.39. The molecule has 28 heavy (non-hydrogen) atoms. The van der Waals surface area contributed by atoms with E-state index in [1.54, 1.807) is 0 Å². The predicted octanol–water partition coefficient (Wildman–Crippen LogP) is 0.326. The molecule has 0 amide bonds. The molecule has 0 radical (unpaired) electrons.